The van der Waals surface area contributed by atoms with Crippen molar-refractivity contribution in [2.45, 2.75) is 19.3 Å². The van der Waals surface area contributed by atoms with Gasteiger partial charge in [0.1, 0.15) is 0 Å². The van der Waals surface area contributed by atoms with Gasteiger partial charge in [0.2, 0.25) is 5.91 Å². The summed E-state index contributed by atoms with van der Waals surface area (Å²) in [6.07, 6.45) is 3.23. The molecule has 1 saturated heterocycles. The first-order chi connectivity index (χ1) is 15.6. The second kappa shape index (κ2) is 11.9. The minimum atomic E-state index is -0.228. The minimum absolute atomic E-state index is 0.00488. The van der Waals surface area contributed by atoms with Crippen LogP contribution in [-0.4, -0.2) is 62.5 Å². The van der Waals surface area contributed by atoms with Crippen LogP contribution in [0.4, 0.5) is 11.4 Å². The molecular weight excluding hydrogens is 408 g/mol. The molecule has 170 valence electrons. The number of hydrogen-bond donors (Lipinski definition) is 3. The summed E-state index contributed by atoms with van der Waals surface area (Å²) < 4.78 is 4.91. The number of rotatable bonds is 9. The predicted octanol–water partition coefficient (Wildman–Crippen LogP) is 2.74. The lowest BCUT2D eigenvalue weighted by Crippen LogP contribution is -2.35. The highest BCUT2D eigenvalue weighted by Crippen LogP contribution is 2.16. The van der Waals surface area contributed by atoms with E-state index in [0.29, 0.717) is 30.0 Å². The third-order valence-electron chi connectivity index (χ3n) is 5.23. The Morgan fingerprint density at radius 3 is 2.41 bits per heavy atom. The zero-order valence-electron chi connectivity index (χ0n) is 18.4. The van der Waals surface area contributed by atoms with E-state index < -0.39 is 0 Å². The summed E-state index contributed by atoms with van der Waals surface area (Å²) in [6, 6.07) is 13.9. The van der Waals surface area contributed by atoms with Crippen LogP contribution in [0.25, 0.3) is 0 Å². The molecule has 0 bridgehead atoms. The third kappa shape index (κ3) is 6.81. The summed E-state index contributed by atoms with van der Waals surface area (Å²) in [5, 5.41) is 8.61. The molecule has 0 saturated carbocycles. The Morgan fingerprint density at radius 1 is 0.938 bits per heavy atom. The molecule has 0 spiro atoms. The average Bonchev–Trinajstić information content (AvgIpc) is 2.83. The summed E-state index contributed by atoms with van der Waals surface area (Å²) in [4.78, 5) is 38.9. The monoisotopic (exact) mass is 438 g/mol. The molecule has 0 unspecified atom stereocenters. The van der Waals surface area contributed by atoms with E-state index in [1.165, 1.54) is 0 Å². The number of methoxy groups -OCH3 is 1. The van der Waals surface area contributed by atoms with Gasteiger partial charge in [-0.2, -0.15) is 0 Å². The number of likely N-dealkylation sites (tertiary alicyclic amines) is 1. The first kappa shape index (κ1) is 23.3. The summed E-state index contributed by atoms with van der Waals surface area (Å²) in [6.45, 7) is 2.53. The molecule has 0 aromatic heterocycles. The Labute approximate surface area is 188 Å². The number of benzene rings is 2. The highest BCUT2D eigenvalue weighted by atomic mass is 16.5. The van der Waals surface area contributed by atoms with Crippen LogP contribution in [0.2, 0.25) is 0 Å². The molecule has 8 heteroatoms. The maximum Gasteiger partial charge on any atom is 0.253 e. The first-order valence-electron chi connectivity index (χ1n) is 10.9. The summed E-state index contributed by atoms with van der Waals surface area (Å²) >= 11 is 0. The Kier molecular flexibility index (Phi) is 8.62. The lowest BCUT2D eigenvalue weighted by molar-refractivity contribution is -0.114. The van der Waals surface area contributed by atoms with E-state index >= 15 is 0 Å². The van der Waals surface area contributed by atoms with Gasteiger partial charge in [-0.1, -0.05) is 6.07 Å². The van der Waals surface area contributed by atoms with Crippen molar-refractivity contribution in [3.63, 3.8) is 0 Å². The van der Waals surface area contributed by atoms with Crippen LogP contribution < -0.4 is 16.0 Å². The normalized spacial score (nSPS) is 13.3. The number of ether oxygens (including phenoxy) is 1. The number of piperidine rings is 1. The first-order valence-corrected chi connectivity index (χ1v) is 10.9. The number of carbonyl (C=O) groups is 3. The molecule has 2 aromatic rings. The average molecular weight is 439 g/mol. The number of hydrogen-bond acceptors (Lipinski definition) is 5. The van der Waals surface area contributed by atoms with Crippen molar-refractivity contribution in [3.05, 3.63) is 59.7 Å². The van der Waals surface area contributed by atoms with Gasteiger partial charge < -0.3 is 25.6 Å². The molecule has 1 heterocycles. The van der Waals surface area contributed by atoms with Gasteiger partial charge in [0.05, 0.1) is 13.2 Å². The molecule has 0 aliphatic carbocycles. The van der Waals surface area contributed by atoms with Crippen LogP contribution >= 0.6 is 0 Å². The van der Waals surface area contributed by atoms with Crippen molar-refractivity contribution in [1.82, 2.24) is 10.2 Å². The fraction of sp³-hybridized carbons (Fsp3) is 0.375. The fourth-order valence-corrected chi connectivity index (χ4v) is 3.51. The third-order valence-corrected chi connectivity index (χ3v) is 5.23. The van der Waals surface area contributed by atoms with Crippen molar-refractivity contribution in [3.8, 4) is 0 Å². The van der Waals surface area contributed by atoms with Crippen LogP contribution in [0.15, 0.2) is 48.5 Å². The predicted molar refractivity (Wildman–Crippen MR) is 124 cm³/mol. The molecule has 1 aliphatic rings. The molecule has 1 fully saturated rings. The second-order valence-corrected chi connectivity index (χ2v) is 7.66. The van der Waals surface area contributed by atoms with Crippen molar-refractivity contribution in [1.29, 1.82) is 0 Å². The smallest absolute Gasteiger partial charge is 0.253 e. The maximum atomic E-state index is 12.7. The van der Waals surface area contributed by atoms with Crippen LogP contribution in [0.1, 0.15) is 40.0 Å². The largest absolute Gasteiger partial charge is 0.383 e. The SMILES string of the molecule is COCCNC(=O)c1ccc(NCC(=O)Nc2cccc(C(=O)N3CCCCC3)c2)cc1. The van der Waals surface area contributed by atoms with Crippen LogP contribution in [0.3, 0.4) is 0 Å². The van der Waals surface area contributed by atoms with Crippen LogP contribution in [-0.2, 0) is 9.53 Å². The van der Waals surface area contributed by atoms with Crippen LogP contribution in [0.5, 0.6) is 0 Å². The van der Waals surface area contributed by atoms with Crippen molar-refractivity contribution >= 4 is 29.1 Å². The lowest BCUT2D eigenvalue weighted by Gasteiger charge is -2.26. The molecule has 1 aliphatic heterocycles. The van der Waals surface area contributed by atoms with Gasteiger partial charge in [0.15, 0.2) is 0 Å². The number of anilines is 2. The molecule has 2 aromatic carbocycles. The Morgan fingerprint density at radius 2 is 1.69 bits per heavy atom. The van der Waals surface area contributed by atoms with Gasteiger partial charge in [0, 0.05) is 49.2 Å². The number of nitrogens with zero attached hydrogens (tertiary/aromatic N) is 1. The van der Waals surface area contributed by atoms with E-state index in [2.05, 4.69) is 16.0 Å². The second-order valence-electron chi connectivity index (χ2n) is 7.66. The molecular formula is C24H30N4O4. The topological polar surface area (TPSA) is 99.8 Å². The summed E-state index contributed by atoms with van der Waals surface area (Å²) in [7, 11) is 1.58. The van der Waals surface area contributed by atoms with E-state index in [1.54, 1.807) is 55.6 Å². The number of carbonyl (C=O) groups excluding carboxylic acids is 3. The Balaban J connectivity index is 1.48. The maximum absolute atomic E-state index is 12.7. The molecule has 3 amide bonds. The van der Waals surface area contributed by atoms with Gasteiger partial charge in [-0.3, -0.25) is 14.4 Å². The van der Waals surface area contributed by atoms with Gasteiger partial charge in [-0.05, 0) is 61.7 Å². The van der Waals surface area contributed by atoms with Crippen molar-refractivity contribution in [2.24, 2.45) is 0 Å². The van der Waals surface area contributed by atoms with Crippen molar-refractivity contribution in [2.75, 3.05) is 50.5 Å². The Hall–Kier alpha value is -3.39. The molecule has 32 heavy (non-hydrogen) atoms. The highest BCUT2D eigenvalue weighted by Gasteiger charge is 2.18. The zero-order chi connectivity index (χ0) is 22.8. The van der Waals surface area contributed by atoms with E-state index in [4.69, 9.17) is 4.74 Å². The summed E-state index contributed by atoms with van der Waals surface area (Å²) in [5.74, 6) is -0.399. The zero-order valence-corrected chi connectivity index (χ0v) is 18.4. The Bertz CT molecular complexity index is 924. The van der Waals surface area contributed by atoms with E-state index in [0.717, 1.165) is 38.0 Å². The quantitative estimate of drug-likeness (QED) is 0.523. The minimum Gasteiger partial charge on any atom is -0.383 e. The number of amides is 3. The van der Waals surface area contributed by atoms with Crippen molar-refractivity contribution < 1.29 is 19.1 Å². The fourth-order valence-electron chi connectivity index (χ4n) is 3.51. The van der Waals surface area contributed by atoms with E-state index in [-0.39, 0.29) is 24.3 Å². The van der Waals surface area contributed by atoms with Gasteiger partial charge in [-0.25, -0.2) is 0 Å². The standard InChI is InChI=1S/C24H30N4O4/c1-32-15-12-25-23(30)18-8-10-20(11-9-18)26-17-22(29)27-21-7-5-6-19(16-21)24(31)28-13-3-2-4-14-28/h5-11,16,26H,2-4,12-15,17H2,1H3,(H,25,30)(H,27,29). The van der Waals surface area contributed by atoms with Gasteiger partial charge in [-0.15, -0.1) is 0 Å². The van der Waals surface area contributed by atoms with Crippen LogP contribution in [0, 0.1) is 0 Å². The molecule has 0 radical (unpaired) electrons. The molecule has 0 atom stereocenters. The van der Waals surface area contributed by atoms with Gasteiger partial charge >= 0.3 is 0 Å². The molecule has 8 nitrogen and oxygen atoms in total. The molecule has 3 N–H and O–H groups in total. The van der Waals surface area contributed by atoms with E-state index in [9.17, 15) is 14.4 Å². The number of nitrogens with one attached hydrogen (secondary N) is 3. The highest BCUT2D eigenvalue weighted by molar-refractivity contribution is 5.98. The lowest BCUT2D eigenvalue weighted by atomic mass is 10.1. The molecule has 3 rings (SSSR count). The summed E-state index contributed by atoms with van der Waals surface area (Å²) in [5.41, 5.74) is 2.42. The van der Waals surface area contributed by atoms with Gasteiger partial charge in [0.25, 0.3) is 11.8 Å². The van der Waals surface area contributed by atoms with E-state index in [1.807, 2.05) is 4.90 Å².